The second-order valence-corrected chi connectivity index (χ2v) is 7.90. The molecule has 3 aromatic rings. The molecule has 31 heavy (non-hydrogen) atoms. The number of ether oxygens (including phenoxy) is 2. The molecular formula is C27H26O4. The Balaban J connectivity index is 1.66. The molecule has 2 atom stereocenters. The van der Waals surface area contributed by atoms with Crippen molar-refractivity contribution in [3.05, 3.63) is 95.1 Å². The van der Waals surface area contributed by atoms with Gasteiger partial charge in [-0.2, -0.15) is 0 Å². The van der Waals surface area contributed by atoms with Crippen LogP contribution in [0.15, 0.2) is 72.8 Å². The first-order valence-electron chi connectivity index (χ1n) is 10.5. The Hall–Kier alpha value is -3.40. The third-order valence-corrected chi connectivity index (χ3v) is 6.19. The number of aryl methyl sites for hydroxylation is 1. The van der Waals surface area contributed by atoms with Crippen LogP contribution in [0.5, 0.6) is 11.5 Å². The summed E-state index contributed by atoms with van der Waals surface area (Å²) in [5.74, 6) is 1.19. The van der Waals surface area contributed by atoms with Crippen molar-refractivity contribution in [2.75, 3.05) is 14.2 Å². The van der Waals surface area contributed by atoms with Crippen molar-refractivity contribution in [2.45, 2.75) is 25.2 Å². The Kier molecular flexibility index (Phi) is 6.17. The molecule has 4 nitrogen and oxygen atoms in total. The monoisotopic (exact) mass is 414 g/mol. The van der Waals surface area contributed by atoms with Crippen molar-refractivity contribution in [3.8, 4) is 11.5 Å². The van der Waals surface area contributed by atoms with Crippen molar-refractivity contribution in [1.29, 1.82) is 0 Å². The first kappa shape index (κ1) is 20.9. The molecule has 4 heteroatoms. The van der Waals surface area contributed by atoms with E-state index in [9.17, 15) is 9.59 Å². The molecule has 1 aliphatic carbocycles. The van der Waals surface area contributed by atoms with E-state index in [0.29, 0.717) is 11.3 Å². The predicted octanol–water partition coefficient (Wildman–Crippen LogP) is 5.51. The molecule has 4 rings (SSSR count). The van der Waals surface area contributed by atoms with Gasteiger partial charge in [0.2, 0.25) is 0 Å². The number of methoxy groups -OCH3 is 2. The average Bonchev–Trinajstić information content (AvgIpc) is 2.83. The summed E-state index contributed by atoms with van der Waals surface area (Å²) in [6.07, 6.45) is 1.86. The largest absolute Gasteiger partial charge is 0.497 e. The molecule has 0 aliphatic heterocycles. The van der Waals surface area contributed by atoms with Gasteiger partial charge in [0.05, 0.1) is 14.2 Å². The summed E-state index contributed by atoms with van der Waals surface area (Å²) < 4.78 is 10.5. The zero-order valence-corrected chi connectivity index (χ0v) is 17.8. The number of carbonyl (C=O) groups is 2. The van der Waals surface area contributed by atoms with Gasteiger partial charge >= 0.3 is 0 Å². The Morgan fingerprint density at radius 1 is 0.903 bits per heavy atom. The summed E-state index contributed by atoms with van der Waals surface area (Å²) in [7, 11) is 3.23. The van der Waals surface area contributed by atoms with Crippen LogP contribution >= 0.6 is 0 Å². The van der Waals surface area contributed by atoms with E-state index in [2.05, 4.69) is 0 Å². The van der Waals surface area contributed by atoms with Crippen LogP contribution in [0.3, 0.4) is 0 Å². The summed E-state index contributed by atoms with van der Waals surface area (Å²) in [4.78, 5) is 26.6. The van der Waals surface area contributed by atoms with Gasteiger partial charge < -0.3 is 9.47 Å². The molecule has 0 saturated heterocycles. The van der Waals surface area contributed by atoms with E-state index in [4.69, 9.17) is 9.47 Å². The van der Waals surface area contributed by atoms with Crippen LogP contribution in [0.1, 0.15) is 50.6 Å². The number of ketones is 2. The molecule has 0 aromatic heterocycles. The van der Waals surface area contributed by atoms with Crippen LogP contribution in [-0.2, 0) is 6.42 Å². The Morgan fingerprint density at radius 2 is 1.52 bits per heavy atom. The molecule has 1 aliphatic rings. The fourth-order valence-corrected chi connectivity index (χ4v) is 4.44. The molecule has 0 spiro atoms. The van der Waals surface area contributed by atoms with E-state index in [-0.39, 0.29) is 29.8 Å². The molecule has 0 radical (unpaired) electrons. The molecule has 0 bridgehead atoms. The molecule has 158 valence electrons. The van der Waals surface area contributed by atoms with Gasteiger partial charge in [-0.3, -0.25) is 9.59 Å². The van der Waals surface area contributed by atoms with Gasteiger partial charge in [-0.25, -0.2) is 0 Å². The SMILES string of the molecule is COc1ccc(C(=O)CC(c2ccc(OC)cc2)C2CCc3ccccc3C2=O)cc1. The van der Waals surface area contributed by atoms with Gasteiger partial charge in [0, 0.05) is 29.4 Å². The third-order valence-electron chi connectivity index (χ3n) is 6.19. The lowest BCUT2D eigenvalue weighted by atomic mass is 9.71. The second-order valence-electron chi connectivity index (χ2n) is 7.90. The third kappa shape index (κ3) is 4.38. The lowest BCUT2D eigenvalue weighted by molar-refractivity contribution is 0.0857. The van der Waals surface area contributed by atoms with Gasteiger partial charge in [0.25, 0.3) is 0 Å². The van der Waals surface area contributed by atoms with Crippen molar-refractivity contribution < 1.29 is 19.1 Å². The molecule has 2 unspecified atom stereocenters. The van der Waals surface area contributed by atoms with Crippen molar-refractivity contribution in [1.82, 2.24) is 0 Å². The van der Waals surface area contributed by atoms with Crippen molar-refractivity contribution in [2.24, 2.45) is 5.92 Å². The topological polar surface area (TPSA) is 52.6 Å². The van der Waals surface area contributed by atoms with Crippen LogP contribution in [-0.4, -0.2) is 25.8 Å². The minimum Gasteiger partial charge on any atom is -0.497 e. The summed E-state index contributed by atoms with van der Waals surface area (Å²) in [5.41, 5.74) is 3.50. The highest BCUT2D eigenvalue weighted by atomic mass is 16.5. The zero-order valence-electron chi connectivity index (χ0n) is 17.8. The molecule has 0 fully saturated rings. The maximum atomic E-state index is 13.4. The van der Waals surface area contributed by atoms with Crippen LogP contribution in [0, 0.1) is 5.92 Å². The van der Waals surface area contributed by atoms with E-state index in [1.807, 2.05) is 48.5 Å². The summed E-state index contributed by atoms with van der Waals surface area (Å²) >= 11 is 0. The molecule has 3 aromatic carbocycles. The molecule has 0 heterocycles. The number of carbonyl (C=O) groups excluding carboxylic acids is 2. The Labute approximate surface area is 182 Å². The molecular weight excluding hydrogens is 388 g/mol. The minimum atomic E-state index is -0.231. The smallest absolute Gasteiger partial charge is 0.166 e. The van der Waals surface area contributed by atoms with Gasteiger partial charge in [0.15, 0.2) is 11.6 Å². The second kappa shape index (κ2) is 9.17. The van der Waals surface area contributed by atoms with Gasteiger partial charge in [0.1, 0.15) is 11.5 Å². The number of hydrogen-bond acceptors (Lipinski definition) is 4. The van der Waals surface area contributed by atoms with Gasteiger partial charge in [-0.05, 0) is 60.4 Å². The molecule has 0 N–H and O–H groups in total. The van der Waals surface area contributed by atoms with Crippen molar-refractivity contribution in [3.63, 3.8) is 0 Å². The Morgan fingerprint density at radius 3 is 2.16 bits per heavy atom. The summed E-state index contributed by atoms with van der Waals surface area (Å²) in [6.45, 7) is 0. The maximum Gasteiger partial charge on any atom is 0.166 e. The highest BCUT2D eigenvalue weighted by Crippen LogP contribution is 2.39. The van der Waals surface area contributed by atoms with E-state index >= 15 is 0 Å². The molecule has 0 saturated carbocycles. The summed E-state index contributed by atoms with van der Waals surface area (Å²) in [6, 6.07) is 22.7. The van der Waals surface area contributed by atoms with Crippen LogP contribution in [0.4, 0.5) is 0 Å². The predicted molar refractivity (Wildman–Crippen MR) is 120 cm³/mol. The van der Waals surface area contributed by atoms with Gasteiger partial charge in [-0.15, -0.1) is 0 Å². The number of benzene rings is 3. The maximum absolute atomic E-state index is 13.4. The lowest BCUT2D eigenvalue weighted by Gasteiger charge is -2.30. The van der Waals surface area contributed by atoms with E-state index in [0.717, 1.165) is 35.3 Å². The van der Waals surface area contributed by atoms with Crippen LogP contribution < -0.4 is 9.47 Å². The Bertz CT molecular complexity index is 1070. The number of Topliss-reactive ketones (excluding diaryl/α,β-unsaturated/α-hetero) is 2. The quantitative estimate of drug-likeness (QED) is 0.479. The van der Waals surface area contributed by atoms with Crippen LogP contribution in [0.25, 0.3) is 0 Å². The summed E-state index contributed by atoms with van der Waals surface area (Å²) in [5, 5.41) is 0. The van der Waals surface area contributed by atoms with Gasteiger partial charge in [-0.1, -0.05) is 36.4 Å². The average molecular weight is 415 g/mol. The van der Waals surface area contributed by atoms with E-state index < -0.39 is 0 Å². The van der Waals surface area contributed by atoms with E-state index in [1.54, 1.807) is 38.5 Å². The number of rotatable bonds is 7. The fraction of sp³-hybridized carbons (Fsp3) is 0.259. The van der Waals surface area contributed by atoms with Crippen LogP contribution in [0.2, 0.25) is 0 Å². The molecule has 0 amide bonds. The minimum absolute atomic E-state index is 0.0233. The highest BCUT2D eigenvalue weighted by molar-refractivity contribution is 6.02. The highest BCUT2D eigenvalue weighted by Gasteiger charge is 2.35. The van der Waals surface area contributed by atoms with Crippen molar-refractivity contribution >= 4 is 11.6 Å². The van der Waals surface area contributed by atoms with E-state index in [1.165, 1.54) is 0 Å². The number of hydrogen-bond donors (Lipinski definition) is 0. The first-order chi connectivity index (χ1) is 15.1. The zero-order chi connectivity index (χ0) is 21.8. The fourth-order valence-electron chi connectivity index (χ4n) is 4.44. The lowest BCUT2D eigenvalue weighted by Crippen LogP contribution is -2.29. The number of fused-ring (bicyclic) bond motifs is 1. The normalized spacial score (nSPS) is 16.3. The standard InChI is InChI=1S/C27H26O4/c1-30-21-12-7-19(8-13-21)25(17-26(28)20-9-14-22(31-2)15-10-20)24-16-11-18-5-3-4-6-23(18)27(24)29/h3-10,12-15,24-25H,11,16-17H2,1-2H3. The first-order valence-corrected chi connectivity index (χ1v) is 10.5.